The molecule has 0 spiro atoms. The van der Waals surface area contributed by atoms with E-state index in [4.69, 9.17) is 0 Å². The van der Waals surface area contributed by atoms with Crippen LogP contribution >= 0.6 is 0 Å². The van der Waals surface area contributed by atoms with Gasteiger partial charge >= 0.3 is 0 Å². The summed E-state index contributed by atoms with van der Waals surface area (Å²) in [5.41, 5.74) is 2.73. The molecule has 1 N–H and O–H groups in total. The van der Waals surface area contributed by atoms with Crippen LogP contribution in [0.1, 0.15) is 36.8 Å². The molecule has 1 saturated carbocycles. The van der Waals surface area contributed by atoms with E-state index in [-0.39, 0.29) is 5.91 Å². The lowest BCUT2D eigenvalue weighted by Crippen LogP contribution is -2.32. The maximum absolute atomic E-state index is 12.7. The van der Waals surface area contributed by atoms with E-state index in [1.54, 1.807) is 0 Å². The molecule has 0 atom stereocenters. The third-order valence-corrected chi connectivity index (χ3v) is 5.23. The fourth-order valence-corrected chi connectivity index (χ4v) is 3.97. The van der Waals surface area contributed by atoms with Crippen LogP contribution in [0.2, 0.25) is 0 Å². The number of hydrogen-bond donors (Lipinski definition) is 1. The number of amides is 1. The number of anilines is 1. The van der Waals surface area contributed by atoms with Crippen molar-refractivity contribution in [1.29, 1.82) is 5.26 Å². The van der Waals surface area contributed by atoms with E-state index in [1.165, 1.54) is 16.5 Å². The van der Waals surface area contributed by atoms with Gasteiger partial charge in [-0.25, -0.2) is 0 Å². The summed E-state index contributed by atoms with van der Waals surface area (Å²) in [7, 11) is 0. The van der Waals surface area contributed by atoms with Gasteiger partial charge in [0.05, 0.1) is 6.07 Å². The van der Waals surface area contributed by atoms with Crippen LogP contribution in [0, 0.1) is 16.7 Å². The average molecular weight is 290 g/mol. The highest BCUT2D eigenvalue weighted by Crippen LogP contribution is 2.40. The number of carbonyl (C=O) groups excluding carboxylic acids is 1. The molecule has 2 aromatic carbocycles. The van der Waals surface area contributed by atoms with E-state index in [9.17, 15) is 10.1 Å². The van der Waals surface area contributed by atoms with E-state index in [1.807, 2.05) is 6.07 Å². The van der Waals surface area contributed by atoms with Gasteiger partial charge in [0.25, 0.3) is 0 Å². The normalized spacial score (nSPS) is 18.3. The van der Waals surface area contributed by atoms with Crippen LogP contribution in [-0.4, -0.2) is 5.91 Å². The SMILES string of the molecule is N#CC1(C(=O)Nc2ccc3c4c(cccc24)CC3)CCCC1. The molecule has 1 amide bonds. The van der Waals surface area contributed by atoms with Gasteiger partial charge in [0, 0.05) is 11.1 Å². The zero-order chi connectivity index (χ0) is 15.2. The largest absolute Gasteiger partial charge is 0.324 e. The Morgan fingerprint density at radius 3 is 2.55 bits per heavy atom. The number of nitrogens with one attached hydrogen (secondary N) is 1. The van der Waals surface area contributed by atoms with Crippen molar-refractivity contribution < 1.29 is 4.79 Å². The molecule has 110 valence electrons. The predicted molar refractivity (Wildman–Crippen MR) is 86.5 cm³/mol. The van der Waals surface area contributed by atoms with Crippen LogP contribution in [0.5, 0.6) is 0 Å². The Bertz CT molecular complexity index is 800. The van der Waals surface area contributed by atoms with Crippen molar-refractivity contribution >= 4 is 22.4 Å². The van der Waals surface area contributed by atoms with Crippen molar-refractivity contribution in [1.82, 2.24) is 0 Å². The van der Waals surface area contributed by atoms with Gasteiger partial charge in [0.15, 0.2) is 0 Å². The second-order valence-corrected chi connectivity index (χ2v) is 6.47. The van der Waals surface area contributed by atoms with E-state index in [0.717, 1.165) is 36.8 Å². The number of benzene rings is 2. The molecule has 3 nitrogen and oxygen atoms in total. The number of aryl methyl sites for hydroxylation is 2. The molecule has 0 aliphatic heterocycles. The summed E-state index contributed by atoms with van der Waals surface area (Å²) >= 11 is 0. The molecule has 2 aromatic rings. The second kappa shape index (κ2) is 4.84. The van der Waals surface area contributed by atoms with Gasteiger partial charge < -0.3 is 5.32 Å². The Kier molecular flexibility index (Phi) is 2.94. The standard InChI is InChI=1S/C19H18N2O/c20-12-19(10-1-2-11-19)18(22)21-16-9-8-14-7-6-13-4-3-5-15(16)17(13)14/h3-5,8-9H,1-2,6-7,10-11H2,(H,21,22). The average Bonchev–Trinajstić information content (AvgIpc) is 3.19. The highest BCUT2D eigenvalue weighted by Gasteiger charge is 2.41. The maximum Gasteiger partial charge on any atom is 0.244 e. The van der Waals surface area contributed by atoms with Gasteiger partial charge in [-0.3, -0.25) is 4.79 Å². The smallest absolute Gasteiger partial charge is 0.244 e. The second-order valence-electron chi connectivity index (χ2n) is 6.47. The topological polar surface area (TPSA) is 52.9 Å². The molecule has 0 aromatic heterocycles. The van der Waals surface area contributed by atoms with Gasteiger partial charge in [0.2, 0.25) is 5.91 Å². The van der Waals surface area contributed by atoms with E-state index in [0.29, 0.717) is 12.8 Å². The Labute approximate surface area is 129 Å². The minimum atomic E-state index is -0.831. The van der Waals surface area contributed by atoms with Crippen LogP contribution in [0.4, 0.5) is 5.69 Å². The minimum absolute atomic E-state index is 0.133. The minimum Gasteiger partial charge on any atom is -0.324 e. The lowest BCUT2D eigenvalue weighted by atomic mass is 9.87. The Balaban J connectivity index is 1.74. The van der Waals surface area contributed by atoms with E-state index in [2.05, 4.69) is 35.7 Å². The van der Waals surface area contributed by atoms with Gasteiger partial charge in [0.1, 0.15) is 5.41 Å². The third kappa shape index (κ3) is 1.84. The molecule has 2 aliphatic rings. The molecule has 3 heteroatoms. The molecule has 2 aliphatic carbocycles. The lowest BCUT2D eigenvalue weighted by Gasteiger charge is -2.20. The fraction of sp³-hybridized carbons (Fsp3) is 0.368. The van der Waals surface area contributed by atoms with Crippen LogP contribution in [0.15, 0.2) is 30.3 Å². The molecular formula is C19H18N2O. The Morgan fingerprint density at radius 2 is 1.82 bits per heavy atom. The summed E-state index contributed by atoms with van der Waals surface area (Å²) < 4.78 is 0. The summed E-state index contributed by atoms with van der Waals surface area (Å²) in [5.74, 6) is -0.133. The third-order valence-electron chi connectivity index (χ3n) is 5.23. The molecule has 0 bridgehead atoms. The van der Waals surface area contributed by atoms with Crippen molar-refractivity contribution in [3.05, 3.63) is 41.5 Å². The first-order chi connectivity index (χ1) is 10.7. The van der Waals surface area contributed by atoms with E-state index < -0.39 is 5.41 Å². The highest BCUT2D eigenvalue weighted by atomic mass is 16.2. The fourth-order valence-electron chi connectivity index (χ4n) is 3.97. The number of rotatable bonds is 2. The van der Waals surface area contributed by atoms with Crippen LogP contribution < -0.4 is 5.32 Å². The predicted octanol–water partition coefficient (Wildman–Crippen LogP) is 3.96. The van der Waals surface area contributed by atoms with Crippen molar-refractivity contribution in [2.75, 3.05) is 5.32 Å². The molecule has 22 heavy (non-hydrogen) atoms. The van der Waals surface area contributed by atoms with E-state index >= 15 is 0 Å². The first-order valence-corrected chi connectivity index (χ1v) is 8.00. The van der Waals surface area contributed by atoms with Crippen LogP contribution in [-0.2, 0) is 17.6 Å². The van der Waals surface area contributed by atoms with Gasteiger partial charge in [-0.15, -0.1) is 0 Å². The van der Waals surface area contributed by atoms with Gasteiger partial charge in [-0.1, -0.05) is 37.1 Å². The van der Waals surface area contributed by atoms with Crippen molar-refractivity contribution in [3.63, 3.8) is 0 Å². The summed E-state index contributed by atoms with van der Waals surface area (Å²) in [6.07, 6.45) is 5.43. The van der Waals surface area contributed by atoms with Crippen molar-refractivity contribution in [2.45, 2.75) is 38.5 Å². The van der Waals surface area contributed by atoms with Crippen molar-refractivity contribution in [2.24, 2.45) is 5.41 Å². The molecule has 1 fully saturated rings. The number of carbonyl (C=O) groups is 1. The quantitative estimate of drug-likeness (QED) is 0.910. The monoisotopic (exact) mass is 290 g/mol. The molecule has 0 radical (unpaired) electrons. The number of hydrogen-bond acceptors (Lipinski definition) is 2. The molecule has 4 rings (SSSR count). The number of nitrogens with zero attached hydrogens (tertiary/aromatic N) is 1. The highest BCUT2D eigenvalue weighted by molar-refractivity contribution is 6.07. The molecule has 0 saturated heterocycles. The maximum atomic E-state index is 12.7. The summed E-state index contributed by atoms with van der Waals surface area (Å²) in [4.78, 5) is 12.7. The number of nitriles is 1. The molecule has 0 unspecified atom stereocenters. The summed E-state index contributed by atoms with van der Waals surface area (Å²) in [6, 6.07) is 12.7. The van der Waals surface area contributed by atoms with Gasteiger partial charge in [-0.05, 0) is 48.3 Å². The first-order valence-electron chi connectivity index (χ1n) is 8.00. The first kappa shape index (κ1) is 13.3. The molecule has 0 heterocycles. The summed E-state index contributed by atoms with van der Waals surface area (Å²) in [5, 5.41) is 14.9. The van der Waals surface area contributed by atoms with Crippen LogP contribution in [0.3, 0.4) is 0 Å². The summed E-state index contributed by atoms with van der Waals surface area (Å²) in [6.45, 7) is 0. The van der Waals surface area contributed by atoms with Crippen LogP contribution in [0.25, 0.3) is 10.8 Å². The lowest BCUT2D eigenvalue weighted by molar-refractivity contribution is -0.122. The Hall–Kier alpha value is -2.34. The zero-order valence-corrected chi connectivity index (χ0v) is 12.5. The van der Waals surface area contributed by atoms with Gasteiger partial charge in [-0.2, -0.15) is 5.26 Å². The Morgan fingerprint density at radius 1 is 1.09 bits per heavy atom. The van der Waals surface area contributed by atoms with Crippen molar-refractivity contribution in [3.8, 4) is 6.07 Å². The zero-order valence-electron chi connectivity index (χ0n) is 12.5. The molecular weight excluding hydrogens is 272 g/mol.